The summed E-state index contributed by atoms with van der Waals surface area (Å²) < 4.78 is 1.95. The molecule has 29 heavy (non-hydrogen) atoms. The van der Waals surface area contributed by atoms with Gasteiger partial charge >= 0.3 is 0 Å². The molecule has 1 fully saturated rings. The number of rotatable bonds is 4. The van der Waals surface area contributed by atoms with Crippen molar-refractivity contribution in [3.8, 4) is 5.69 Å². The van der Waals surface area contributed by atoms with Crippen molar-refractivity contribution in [3.05, 3.63) is 76.6 Å². The largest absolute Gasteiger partial charge is 0.322 e. The molecular formula is C24H28N4O. The van der Waals surface area contributed by atoms with Gasteiger partial charge in [0.05, 0.1) is 23.1 Å². The lowest BCUT2D eigenvalue weighted by molar-refractivity contribution is 0.102. The smallest absolute Gasteiger partial charge is 0.259 e. The van der Waals surface area contributed by atoms with Gasteiger partial charge in [-0.2, -0.15) is 5.10 Å². The zero-order chi connectivity index (χ0) is 20.4. The number of anilines is 1. The SMILES string of the molecule is Cc1ccc(-n2ncc(C(=O)Nc3cc(C)cc(C)c3)c2C2CCNCC2)cc1. The Labute approximate surface area is 172 Å². The Morgan fingerprint density at radius 3 is 2.31 bits per heavy atom. The summed E-state index contributed by atoms with van der Waals surface area (Å²) in [5, 5.41) is 11.1. The molecular weight excluding hydrogens is 360 g/mol. The van der Waals surface area contributed by atoms with E-state index in [9.17, 15) is 4.79 Å². The number of nitrogens with zero attached hydrogens (tertiary/aromatic N) is 2. The van der Waals surface area contributed by atoms with E-state index in [1.54, 1.807) is 6.20 Å². The van der Waals surface area contributed by atoms with Crippen LogP contribution in [-0.2, 0) is 0 Å². The lowest BCUT2D eigenvalue weighted by Crippen LogP contribution is -2.29. The van der Waals surface area contributed by atoms with E-state index in [-0.39, 0.29) is 5.91 Å². The molecule has 0 aliphatic carbocycles. The van der Waals surface area contributed by atoms with Gasteiger partial charge in [-0.1, -0.05) is 23.8 Å². The van der Waals surface area contributed by atoms with Crippen LogP contribution in [0.25, 0.3) is 5.69 Å². The average Bonchev–Trinajstić information content (AvgIpc) is 3.13. The van der Waals surface area contributed by atoms with Crippen LogP contribution in [0.15, 0.2) is 48.7 Å². The molecule has 0 bridgehead atoms. The monoisotopic (exact) mass is 388 g/mol. The van der Waals surface area contributed by atoms with Crippen LogP contribution in [0.3, 0.4) is 0 Å². The number of aromatic nitrogens is 2. The zero-order valence-corrected chi connectivity index (χ0v) is 17.3. The van der Waals surface area contributed by atoms with E-state index >= 15 is 0 Å². The van der Waals surface area contributed by atoms with E-state index < -0.39 is 0 Å². The number of carbonyl (C=O) groups is 1. The first-order valence-corrected chi connectivity index (χ1v) is 10.3. The standard InChI is InChI=1S/C24H28N4O/c1-16-4-6-21(7-5-16)28-23(19-8-10-25-11-9-19)22(15-26-28)24(29)27-20-13-17(2)12-18(3)14-20/h4-7,12-15,19,25H,8-11H2,1-3H3,(H,27,29). The van der Waals surface area contributed by atoms with Crippen LogP contribution in [-0.4, -0.2) is 28.8 Å². The summed E-state index contributed by atoms with van der Waals surface area (Å²) in [7, 11) is 0. The Hall–Kier alpha value is -2.92. The van der Waals surface area contributed by atoms with Gasteiger partial charge in [0.2, 0.25) is 0 Å². The van der Waals surface area contributed by atoms with Gasteiger partial charge in [-0.15, -0.1) is 0 Å². The highest BCUT2D eigenvalue weighted by atomic mass is 16.1. The highest BCUT2D eigenvalue weighted by Gasteiger charge is 2.27. The molecule has 0 saturated carbocycles. The minimum absolute atomic E-state index is 0.0955. The van der Waals surface area contributed by atoms with Crippen LogP contribution in [0, 0.1) is 20.8 Å². The predicted octanol–water partition coefficient (Wildman–Crippen LogP) is 4.52. The summed E-state index contributed by atoms with van der Waals surface area (Å²) in [6.45, 7) is 8.07. The number of hydrogen-bond acceptors (Lipinski definition) is 3. The third-order valence-electron chi connectivity index (χ3n) is 5.54. The van der Waals surface area contributed by atoms with Crippen LogP contribution in [0.5, 0.6) is 0 Å². The van der Waals surface area contributed by atoms with Gasteiger partial charge in [0.25, 0.3) is 5.91 Å². The zero-order valence-electron chi connectivity index (χ0n) is 17.3. The molecule has 1 aliphatic heterocycles. The van der Waals surface area contributed by atoms with Crippen LogP contribution in [0.2, 0.25) is 0 Å². The molecule has 2 heterocycles. The predicted molar refractivity (Wildman–Crippen MR) is 117 cm³/mol. The van der Waals surface area contributed by atoms with E-state index in [4.69, 9.17) is 0 Å². The topological polar surface area (TPSA) is 59.0 Å². The number of benzene rings is 2. The number of nitrogens with one attached hydrogen (secondary N) is 2. The third-order valence-corrected chi connectivity index (χ3v) is 5.54. The molecule has 1 amide bonds. The van der Waals surface area contributed by atoms with Gasteiger partial charge in [0, 0.05) is 11.6 Å². The van der Waals surface area contributed by atoms with Gasteiger partial charge < -0.3 is 10.6 Å². The lowest BCUT2D eigenvalue weighted by atomic mass is 9.91. The summed E-state index contributed by atoms with van der Waals surface area (Å²) >= 11 is 0. The van der Waals surface area contributed by atoms with Crippen molar-refractivity contribution in [3.63, 3.8) is 0 Å². The first-order valence-electron chi connectivity index (χ1n) is 10.3. The summed E-state index contributed by atoms with van der Waals surface area (Å²) in [6, 6.07) is 14.4. The van der Waals surface area contributed by atoms with Crippen molar-refractivity contribution in [2.45, 2.75) is 39.5 Å². The van der Waals surface area contributed by atoms with Crippen molar-refractivity contribution in [2.75, 3.05) is 18.4 Å². The fourth-order valence-electron chi connectivity index (χ4n) is 4.16. The van der Waals surface area contributed by atoms with Gasteiger partial charge in [-0.05, 0) is 82.1 Å². The molecule has 0 unspecified atom stereocenters. The van der Waals surface area contributed by atoms with E-state index in [1.165, 1.54) is 5.56 Å². The van der Waals surface area contributed by atoms with Crippen molar-refractivity contribution in [1.82, 2.24) is 15.1 Å². The summed E-state index contributed by atoms with van der Waals surface area (Å²) in [5.41, 5.74) is 6.97. The maximum Gasteiger partial charge on any atom is 0.259 e. The number of aryl methyl sites for hydroxylation is 3. The van der Waals surface area contributed by atoms with Crippen LogP contribution < -0.4 is 10.6 Å². The van der Waals surface area contributed by atoms with Crippen LogP contribution in [0.1, 0.15) is 51.5 Å². The molecule has 1 aliphatic rings. The summed E-state index contributed by atoms with van der Waals surface area (Å²) in [6.07, 6.45) is 3.72. The highest BCUT2D eigenvalue weighted by molar-refractivity contribution is 6.05. The highest BCUT2D eigenvalue weighted by Crippen LogP contribution is 2.31. The van der Waals surface area contributed by atoms with Crippen molar-refractivity contribution >= 4 is 11.6 Å². The average molecular weight is 389 g/mol. The molecule has 3 aromatic rings. The Kier molecular flexibility index (Phi) is 5.49. The molecule has 0 atom stereocenters. The molecule has 1 saturated heterocycles. The number of hydrogen-bond donors (Lipinski definition) is 2. The fourth-order valence-corrected chi connectivity index (χ4v) is 4.16. The van der Waals surface area contributed by atoms with E-state index in [0.717, 1.165) is 54.1 Å². The Morgan fingerprint density at radius 2 is 1.66 bits per heavy atom. The van der Waals surface area contributed by atoms with E-state index in [0.29, 0.717) is 11.5 Å². The van der Waals surface area contributed by atoms with Crippen molar-refractivity contribution in [2.24, 2.45) is 0 Å². The fraction of sp³-hybridized carbons (Fsp3) is 0.333. The Bertz CT molecular complexity index is 994. The van der Waals surface area contributed by atoms with Crippen LogP contribution in [0.4, 0.5) is 5.69 Å². The first-order chi connectivity index (χ1) is 14.0. The van der Waals surface area contributed by atoms with Crippen LogP contribution >= 0.6 is 0 Å². The number of carbonyl (C=O) groups excluding carboxylic acids is 1. The second-order valence-electron chi connectivity index (χ2n) is 8.05. The van der Waals surface area contributed by atoms with Crippen molar-refractivity contribution in [1.29, 1.82) is 0 Å². The first kappa shape index (κ1) is 19.4. The maximum absolute atomic E-state index is 13.2. The molecule has 0 spiro atoms. The van der Waals surface area contributed by atoms with Gasteiger partial charge in [0.1, 0.15) is 0 Å². The molecule has 0 radical (unpaired) electrons. The molecule has 2 N–H and O–H groups in total. The van der Waals surface area contributed by atoms with Gasteiger partial charge in [0.15, 0.2) is 0 Å². The minimum Gasteiger partial charge on any atom is -0.322 e. The van der Waals surface area contributed by atoms with E-state index in [2.05, 4.69) is 53.0 Å². The van der Waals surface area contributed by atoms with E-state index in [1.807, 2.05) is 30.7 Å². The quantitative estimate of drug-likeness (QED) is 0.691. The lowest BCUT2D eigenvalue weighted by Gasteiger charge is -2.24. The summed E-state index contributed by atoms with van der Waals surface area (Å²) in [5.74, 6) is 0.210. The number of piperidine rings is 1. The molecule has 2 aromatic carbocycles. The molecule has 5 heteroatoms. The molecule has 5 nitrogen and oxygen atoms in total. The Morgan fingerprint density at radius 1 is 1.00 bits per heavy atom. The minimum atomic E-state index is -0.0955. The Balaban J connectivity index is 1.72. The molecule has 4 rings (SSSR count). The van der Waals surface area contributed by atoms with Crippen molar-refractivity contribution < 1.29 is 4.79 Å². The molecule has 1 aromatic heterocycles. The molecule has 150 valence electrons. The third kappa shape index (κ3) is 4.25. The second kappa shape index (κ2) is 8.21. The second-order valence-corrected chi connectivity index (χ2v) is 8.05. The number of amides is 1. The van der Waals surface area contributed by atoms with Gasteiger partial charge in [-0.25, -0.2) is 4.68 Å². The normalized spacial score (nSPS) is 14.7. The summed E-state index contributed by atoms with van der Waals surface area (Å²) in [4.78, 5) is 13.2. The maximum atomic E-state index is 13.2. The van der Waals surface area contributed by atoms with Gasteiger partial charge in [-0.3, -0.25) is 4.79 Å².